The number of ether oxygens (including phenoxy) is 1. The Labute approximate surface area is 157 Å². The van der Waals surface area contributed by atoms with E-state index in [1.165, 1.54) is 11.4 Å². The lowest BCUT2D eigenvalue weighted by molar-refractivity contribution is 0.357. The number of para-hydroxylation sites is 1. The van der Waals surface area contributed by atoms with Crippen molar-refractivity contribution in [2.75, 3.05) is 11.4 Å². The highest BCUT2D eigenvalue weighted by Crippen LogP contribution is 2.50. The molecular formula is C20H17N3O3S. The molecule has 0 spiro atoms. The van der Waals surface area contributed by atoms with E-state index < -0.39 is 15.9 Å². The summed E-state index contributed by atoms with van der Waals surface area (Å²) < 4.78 is 33.7. The van der Waals surface area contributed by atoms with Gasteiger partial charge in [0.25, 0.3) is 10.0 Å². The van der Waals surface area contributed by atoms with Gasteiger partial charge in [-0.15, -0.1) is 0 Å². The van der Waals surface area contributed by atoms with Gasteiger partial charge >= 0.3 is 0 Å². The highest BCUT2D eigenvalue weighted by Gasteiger charge is 2.46. The monoisotopic (exact) mass is 379 g/mol. The number of nitriles is 1. The molecule has 2 aliphatic heterocycles. The maximum atomic E-state index is 13.4. The molecule has 2 aromatic carbocycles. The van der Waals surface area contributed by atoms with Gasteiger partial charge in [0.1, 0.15) is 16.5 Å². The van der Waals surface area contributed by atoms with Gasteiger partial charge in [-0.05, 0) is 30.2 Å². The van der Waals surface area contributed by atoms with Crippen LogP contribution in [0, 0.1) is 18.3 Å². The molecule has 7 heteroatoms. The fraction of sp³-hybridized carbons (Fsp3) is 0.150. The Morgan fingerprint density at radius 2 is 1.81 bits per heavy atom. The van der Waals surface area contributed by atoms with Crippen LogP contribution in [0.2, 0.25) is 0 Å². The Morgan fingerprint density at radius 1 is 1.15 bits per heavy atom. The number of benzene rings is 2. The molecule has 6 nitrogen and oxygen atoms in total. The normalized spacial score (nSPS) is 20.5. The number of hydrogen-bond donors (Lipinski definition) is 1. The van der Waals surface area contributed by atoms with E-state index in [1.54, 1.807) is 24.3 Å². The molecule has 0 saturated carbocycles. The molecule has 2 aromatic rings. The second-order valence-electron chi connectivity index (χ2n) is 6.46. The summed E-state index contributed by atoms with van der Waals surface area (Å²) in [6.45, 7) is 1.88. The third kappa shape index (κ3) is 2.34. The first-order valence-corrected chi connectivity index (χ1v) is 9.77. The van der Waals surface area contributed by atoms with Crippen LogP contribution in [0.5, 0.6) is 0 Å². The smallest absolute Gasteiger partial charge is 0.264 e. The van der Waals surface area contributed by atoms with Gasteiger partial charge in [0.05, 0.1) is 11.6 Å². The van der Waals surface area contributed by atoms with Gasteiger partial charge in [0, 0.05) is 12.6 Å². The first kappa shape index (κ1) is 17.2. The standard InChI is InChI=1S/C20H17N3O3S/c1-12-7-3-4-8-13(12)17-15(11-21)20(22)26-18-14-9-5-6-10-16(14)23(2)27(24,25)19(17)18/h3-10,17H,22H2,1-2H3. The van der Waals surface area contributed by atoms with Crippen molar-refractivity contribution >= 4 is 21.5 Å². The molecule has 1 unspecified atom stereocenters. The summed E-state index contributed by atoms with van der Waals surface area (Å²) in [5, 5.41) is 9.71. The van der Waals surface area contributed by atoms with Gasteiger partial charge in [-0.3, -0.25) is 4.31 Å². The van der Waals surface area contributed by atoms with E-state index in [1.807, 2.05) is 31.2 Å². The van der Waals surface area contributed by atoms with E-state index in [0.29, 0.717) is 16.8 Å². The van der Waals surface area contributed by atoms with Gasteiger partial charge < -0.3 is 10.5 Å². The predicted molar refractivity (Wildman–Crippen MR) is 103 cm³/mol. The minimum Gasteiger partial charge on any atom is -0.439 e. The highest BCUT2D eigenvalue weighted by molar-refractivity contribution is 7.96. The Hall–Kier alpha value is -3.24. The van der Waals surface area contributed by atoms with Gasteiger partial charge in [0.15, 0.2) is 5.76 Å². The van der Waals surface area contributed by atoms with E-state index in [-0.39, 0.29) is 22.1 Å². The van der Waals surface area contributed by atoms with Crippen molar-refractivity contribution < 1.29 is 13.2 Å². The first-order chi connectivity index (χ1) is 12.9. The number of fused-ring (bicyclic) bond motifs is 2. The molecule has 2 heterocycles. The fourth-order valence-corrected chi connectivity index (χ4v) is 5.26. The Bertz CT molecular complexity index is 1170. The molecule has 27 heavy (non-hydrogen) atoms. The fourth-order valence-electron chi connectivity index (χ4n) is 3.62. The van der Waals surface area contributed by atoms with Crippen molar-refractivity contribution in [3.8, 4) is 6.07 Å². The zero-order valence-electron chi connectivity index (χ0n) is 14.8. The molecule has 1 atom stereocenters. The van der Waals surface area contributed by atoms with Gasteiger partial charge in [-0.2, -0.15) is 5.26 Å². The largest absolute Gasteiger partial charge is 0.439 e. The second-order valence-corrected chi connectivity index (χ2v) is 8.40. The van der Waals surface area contributed by atoms with Gasteiger partial charge in [-0.25, -0.2) is 8.42 Å². The number of anilines is 1. The molecule has 0 amide bonds. The highest BCUT2D eigenvalue weighted by atomic mass is 32.2. The molecule has 0 saturated heterocycles. The molecular weight excluding hydrogens is 362 g/mol. The van der Waals surface area contributed by atoms with Crippen molar-refractivity contribution in [1.82, 2.24) is 0 Å². The first-order valence-electron chi connectivity index (χ1n) is 8.33. The number of nitrogens with two attached hydrogens (primary N) is 1. The number of rotatable bonds is 1. The molecule has 4 rings (SSSR count). The maximum absolute atomic E-state index is 13.4. The van der Waals surface area contributed by atoms with Crippen LogP contribution in [0.15, 0.2) is 64.9 Å². The molecule has 0 bridgehead atoms. The third-order valence-corrected chi connectivity index (χ3v) is 6.89. The van der Waals surface area contributed by atoms with Crippen molar-refractivity contribution in [2.24, 2.45) is 5.73 Å². The molecule has 0 radical (unpaired) electrons. The molecule has 0 fully saturated rings. The van der Waals surface area contributed by atoms with Gasteiger partial charge in [-0.1, -0.05) is 36.4 Å². The molecule has 2 N–H and O–H groups in total. The summed E-state index contributed by atoms with van der Waals surface area (Å²) in [4.78, 5) is 0.0451. The zero-order valence-corrected chi connectivity index (χ0v) is 15.6. The minimum absolute atomic E-state index is 0.0451. The van der Waals surface area contributed by atoms with Crippen LogP contribution in [0.25, 0.3) is 5.76 Å². The van der Waals surface area contributed by atoms with Crippen molar-refractivity contribution in [1.29, 1.82) is 5.26 Å². The Morgan fingerprint density at radius 3 is 2.52 bits per heavy atom. The zero-order chi connectivity index (χ0) is 19.3. The second kappa shape index (κ2) is 5.89. The summed E-state index contributed by atoms with van der Waals surface area (Å²) >= 11 is 0. The van der Waals surface area contributed by atoms with Crippen LogP contribution in [0.3, 0.4) is 0 Å². The topological polar surface area (TPSA) is 96.4 Å². The van der Waals surface area contributed by atoms with Crippen molar-refractivity contribution in [2.45, 2.75) is 12.8 Å². The van der Waals surface area contributed by atoms with E-state index >= 15 is 0 Å². The third-order valence-electron chi connectivity index (χ3n) is 5.00. The van der Waals surface area contributed by atoms with E-state index in [2.05, 4.69) is 6.07 Å². The van der Waals surface area contributed by atoms with Crippen LogP contribution < -0.4 is 10.0 Å². The quantitative estimate of drug-likeness (QED) is 0.822. The lowest BCUT2D eigenvalue weighted by Gasteiger charge is -2.36. The summed E-state index contributed by atoms with van der Waals surface area (Å²) in [7, 11) is -2.41. The Balaban J connectivity index is 2.11. The minimum atomic E-state index is -3.91. The maximum Gasteiger partial charge on any atom is 0.264 e. The number of allylic oxidation sites excluding steroid dienone is 2. The average Bonchev–Trinajstić information content (AvgIpc) is 2.66. The summed E-state index contributed by atoms with van der Waals surface area (Å²) in [6, 6.07) is 16.5. The lowest BCUT2D eigenvalue weighted by Crippen LogP contribution is -2.37. The lowest BCUT2D eigenvalue weighted by atomic mass is 9.86. The number of sulfonamides is 1. The van der Waals surface area contributed by atoms with Crippen LogP contribution >= 0.6 is 0 Å². The Kier molecular flexibility index (Phi) is 3.75. The van der Waals surface area contributed by atoms with Crippen molar-refractivity contribution in [3.63, 3.8) is 0 Å². The van der Waals surface area contributed by atoms with Gasteiger partial charge in [0.2, 0.25) is 5.88 Å². The van der Waals surface area contributed by atoms with Crippen LogP contribution in [-0.2, 0) is 14.8 Å². The summed E-state index contributed by atoms with van der Waals surface area (Å²) in [6.07, 6.45) is 0. The summed E-state index contributed by atoms with van der Waals surface area (Å²) in [5.41, 5.74) is 8.86. The van der Waals surface area contributed by atoms with Crippen LogP contribution in [0.1, 0.15) is 22.6 Å². The molecule has 0 aromatic heterocycles. The SMILES string of the molecule is Cc1ccccc1C1C(C#N)=C(N)OC2=C1S(=O)(=O)N(C)c1ccccc12. The molecule has 2 aliphatic rings. The predicted octanol–water partition coefficient (Wildman–Crippen LogP) is 2.95. The number of hydrogen-bond acceptors (Lipinski definition) is 5. The van der Waals surface area contributed by atoms with E-state index in [0.717, 1.165) is 5.56 Å². The number of nitrogens with zero attached hydrogens (tertiary/aromatic N) is 2. The van der Waals surface area contributed by atoms with E-state index in [4.69, 9.17) is 10.5 Å². The van der Waals surface area contributed by atoms with Crippen LogP contribution in [0.4, 0.5) is 5.69 Å². The molecule has 0 aliphatic carbocycles. The number of aryl methyl sites for hydroxylation is 1. The molecule has 136 valence electrons. The van der Waals surface area contributed by atoms with Crippen LogP contribution in [-0.4, -0.2) is 15.5 Å². The van der Waals surface area contributed by atoms with Crippen molar-refractivity contribution in [3.05, 3.63) is 81.6 Å². The van der Waals surface area contributed by atoms with E-state index in [9.17, 15) is 13.7 Å². The average molecular weight is 379 g/mol. The summed E-state index contributed by atoms with van der Waals surface area (Å²) in [5.74, 6) is -0.701.